The van der Waals surface area contributed by atoms with Crippen LogP contribution in [-0.4, -0.2) is 12.0 Å². The van der Waals surface area contributed by atoms with Crippen LogP contribution in [0.1, 0.15) is 42.9 Å². The number of benzene rings is 2. The van der Waals surface area contributed by atoms with Crippen molar-refractivity contribution < 1.29 is 48.2 Å². The van der Waals surface area contributed by atoms with Gasteiger partial charge < -0.3 is 15.6 Å². The number of carboxylic acids is 1. The first-order valence-electron chi connectivity index (χ1n) is 8.02. The van der Waals surface area contributed by atoms with Crippen molar-refractivity contribution in [3.05, 3.63) is 76.9 Å². The normalized spacial score (nSPS) is 12.6. The minimum Gasteiger partial charge on any atom is -0.548 e. The van der Waals surface area contributed by atoms with Gasteiger partial charge in [0.2, 0.25) is 0 Å². The Morgan fingerprint density at radius 1 is 1.19 bits per heavy atom. The molecular formula is C20H20F2NNaO2. The molecule has 3 nitrogen and oxygen atoms in total. The second-order valence-corrected chi connectivity index (χ2v) is 6.18. The van der Waals surface area contributed by atoms with Crippen LogP contribution in [0, 0.1) is 11.6 Å². The third-order valence-corrected chi connectivity index (χ3v) is 3.96. The quantitative estimate of drug-likeness (QED) is 0.731. The fourth-order valence-corrected chi connectivity index (χ4v) is 2.50. The number of nitrogens with two attached hydrogens (primary N) is 1. The van der Waals surface area contributed by atoms with Gasteiger partial charge in [0.05, 0.1) is 5.97 Å². The standard InChI is InChI=1S/C20H21F2NO2.Na/c1-12(2)13-4-3-5-14(10-13)16(8-9-19(23)20(24)25)17-7-6-15(21)11-18(17)22;/h3-8,10-12,19H,9,23H2,1-2H3,(H,24,25);/q;+1/p-1. The van der Waals surface area contributed by atoms with Gasteiger partial charge in [-0.15, -0.1) is 0 Å². The van der Waals surface area contributed by atoms with Gasteiger partial charge in [-0.2, -0.15) is 0 Å². The Balaban J connectivity index is 0.00000338. The summed E-state index contributed by atoms with van der Waals surface area (Å²) >= 11 is 0. The molecule has 0 saturated carbocycles. The summed E-state index contributed by atoms with van der Waals surface area (Å²) in [6.45, 7) is 4.07. The van der Waals surface area contributed by atoms with Gasteiger partial charge in [0, 0.05) is 17.7 Å². The van der Waals surface area contributed by atoms with Gasteiger partial charge in [-0.3, -0.25) is 0 Å². The van der Waals surface area contributed by atoms with Crippen molar-refractivity contribution in [3.8, 4) is 0 Å². The summed E-state index contributed by atoms with van der Waals surface area (Å²) in [5.41, 5.74) is 7.92. The van der Waals surface area contributed by atoms with Gasteiger partial charge in [-0.1, -0.05) is 44.2 Å². The van der Waals surface area contributed by atoms with E-state index >= 15 is 0 Å². The van der Waals surface area contributed by atoms with Gasteiger partial charge >= 0.3 is 29.6 Å². The van der Waals surface area contributed by atoms with Crippen LogP contribution in [0.3, 0.4) is 0 Å². The summed E-state index contributed by atoms with van der Waals surface area (Å²) in [6, 6.07) is 9.61. The van der Waals surface area contributed by atoms with Crippen molar-refractivity contribution in [2.45, 2.75) is 32.2 Å². The molecule has 0 amide bonds. The van der Waals surface area contributed by atoms with Crippen LogP contribution in [-0.2, 0) is 4.79 Å². The van der Waals surface area contributed by atoms with Crippen molar-refractivity contribution >= 4 is 11.5 Å². The molecule has 0 heterocycles. The minimum atomic E-state index is -1.38. The molecule has 0 aliphatic heterocycles. The number of hydrogen-bond donors (Lipinski definition) is 1. The molecule has 2 rings (SSSR count). The first-order chi connectivity index (χ1) is 11.8. The predicted molar refractivity (Wildman–Crippen MR) is 91.6 cm³/mol. The first kappa shape index (κ1) is 22.5. The monoisotopic (exact) mass is 367 g/mol. The van der Waals surface area contributed by atoms with Crippen molar-refractivity contribution in [2.24, 2.45) is 5.73 Å². The van der Waals surface area contributed by atoms with E-state index in [1.165, 1.54) is 6.07 Å². The van der Waals surface area contributed by atoms with Crippen LogP contribution in [0.25, 0.3) is 5.57 Å². The molecule has 0 bridgehead atoms. The average molecular weight is 367 g/mol. The largest absolute Gasteiger partial charge is 1.00 e. The predicted octanol–water partition coefficient (Wildman–Crippen LogP) is -0.00880. The Bertz CT molecular complexity index is 806. The average Bonchev–Trinajstić information content (AvgIpc) is 2.56. The number of aliphatic carboxylic acids is 1. The third kappa shape index (κ3) is 5.74. The Morgan fingerprint density at radius 2 is 1.88 bits per heavy atom. The number of carbonyl (C=O) groups is 1. The van der Waals surface area contributed by atoms with E-state index < -0.39 is 23.6 Å². The molecule has 0 radical (unpaired) electrons. The number of halogens is 2. The molecule has 2 N–H and O–H groups in total. The topological polar surface area (TPSA) is 66.2 Å². The zero-order valence-corrected chi connectivity index (χ0v) is 17.1. The molecule has 0 spiro atoms. The molecule has 0 aromatic heterocycles. The summed E-state index contributed by atoms with van der Waals surface area (Å²) < 4.78 is 27.5. The first-order valence-corrected chi connectivity index (χ1v) is 8.02. The summed E-state index contributed by atoms with van der Waals surface area (Å²) in [5.74, 6) is -2.51. The van der Waals surface area contributed by atoms with Crippen LogP contribution >= 0.6 is 0 Å². The van der Waals surface area contributed by atoms with E-state index in [1.54, 1.807) is 12.1 Å². The van der Waals surface area contributed by atoms with Crippen LogP contribution in [0.2, 0.25) is 0 Å². The smallest absolute Gasteiger partial charge is 0.548 e. The Morgan fingerprint density at radius 3 is 2.46 bits per heavy atom. The fraction of sp³-hybridized carbons (Fsp3) is 0.250. The summed E-state index contributed by atoms with van der Waals surface area (Å²) in [6.07, 6.45) is 1.52. The molecule has 0 fully saturated rings. The molecule has 2 aromatic carbocycles. The third-order valence-electron chi connectivity index (χ3n) is 3.96. The molecule has 26 heavy (non-hydrogen) atoms. The van der Waals surface area contributed by atoms with E-state index in [2.05, 4.69) is 0 Å². The SMILES string of the molecule is CC(C)c1cccc(C(=CCC(N)C(=O)[O-])c2ccc(F)cc2F)c1.[Na+]. The maximum Gasteiger partial charge on any atom is 1.00 e. The number of rotatable bonds is 6. The molecule has 2 aromatic rings. The molecule has 0 aliphatic carbocycles. The molecule has 1 atom stereocenters. The molecule has 132 valence electrons. The van der Waals surface area contributed by atoms with Crippen molar-refractivity contribution in [1.82, 2.24) is 0 Å². The van der Waals surface area contributed by atoms with E-state index in [4.69, 9.17) is 5.73 Å². The second kappa shape index (κ2) is 9.97. The van der Waals surface area contributed by atoms with Crippen LogP contribution in [0.15, 0.2) is 48.5 Å². The van der Waals surface area contributed by atoms with Crippen LogP contribution < -0.4 is 40.4 Å². The van der Waals surface area contributed by atoms with Gasteiger partial charge in [0.25, 0.3) is 0 Å². The summed E-state index contributed by atoms with van der Waals surface area (Å²) in [7, 11) is 0. The minimum absolute atomic E-state index is 0. The summed E-state index contributed by atoms with van der Waals surface area (Å²) in [4.78, 5) is 10.9. The summed E-state index contributed by atoms with van der Waals surface area (Å²) in [5, 5.41) is 10.9. The van der Waals surface area contributed by atoms with Crippen molar-refractivity contribution in [3.63, 3.8) is 0 Å². The van der Waals surface area contributed by atoms with E-state index in [-0.39, 0.29) is 47.5 Å². The van der Waals surface area contributed by atoms with Crippen LogP contribution in [0.4, 0.5) is 8.78 Å². The molecule has 0 aliphatic rings. The molecular weight excluding hydrogens is 347 g/mol. The van der Waals surface area contributed by atoms with E-state index in [0.29, 0.717) is 11.1 Å². The van der Waals surface area contributed by atoms with Gasteiger partial charge in [0.15, 0.2) is 0 Å². The van der Waals surface area contributed by atoms with Crippen LogP contribution in [0.5, 0.6) is 0 Å². The Labute approximate surface area is 174 Å². The zero-order chi connectivity index (χ0) is 18.6. The van der Waals surface area contributed by atoms with Gasteiger partial charge in [0.1, 0.15) is 11.6 Å². The Kier molecular flexibility index (Phi) is 8.63. The molecule has 1 unspecified atom stereocenters. The number of carboxylic acid groups (broad SMARTS) is 1. The fourth-order valence-electron chi connectivity index (χ4n) is 2.50. The Hall–Kier alpha value is -1.53. The van der Waals surface area contributed by atoms with Crippen molar-refractivity contribution in [2.75, 3.05) is 0 Å². The second-order valence-electron chi connectivity index (χ2n) is 6.18. The molecule has 0 saturated heterocycles. The van der Waals surface area contributed by atoms with E-state index in [9.17, 15) is 18.7 Å². The zero-order valence-electron chi connectivity index (χ0n) is 15.1. The number of carbonyl (C=O) groups excluding carboxylic acids is 1. The molecule has 6 heteroatoms. The maximum absolute atomic E-state index is 14.3. The number of hydrogen-bond acceptors (Lipinski definition) is 3. The van der Waals surface area contributed by atoms with Gasteiger partial charge in [-0.25, -0.2) is 8.78 Å². The van der Waals surface area contributed by atoms with Crippen molar-refractivity contribution in [1.29, 1.82) is 0 Å². The maximum atomic E-state index is 14.3. The van der Waals surface area contributed by atoms with Gasteiger partial charge in [-0.05, 0) is 41.2 Å². The van der Waals surface area contributed by atoms with E-state index in [0.717, 1.165) is 17.7 Å². The van der Waals surface area contributed by atoms with E-state index in [1.807, 2.05) is 32.0 Å².